The van der Waals surface area contributed by atoms with E-state index in [4.69, 9.17) is 26.6 Å². The zero-order chi connectivity index (χ0) is 45.1. The SMILES string of the molecule is C1CCOC1.CC(C)(O)[C@@H](CC(N)=O)c1ccccc1.CC(C)(O)[C@@H](N)c1ccccc1.COC(=O)[C@@H](C)c1ccccc1.C[C@@H](c1ccccc1)C(C)(C)O.N#C[O-].O.[Br-].[CH3-].[K+].[Mg+2]. The Labute approximate surface area is 453 Å². The van der Waals surface area contributed by atoms with Gasteiger partial charge >= 0.3 is 80.4 Å². The second-order valence-corrected chi connectivity index (χ2v) is 15.7. The Morgan fingerprint density at radius 2 is 1.05 bits per heavy atom. The number of nitrogens with two attached hydrogens (primary N) is 2. The number of aliphatic hydroxyl groups is 3. The smallest absolute Gasteiger partial charge is 1.00 e. The van der Waals surface area contributed by atoms with Crippen LogP contribution in [0.25, 0.3) is 0 Å². The number of rotatable bonds is 10. The van der Waals surface area contributed by atoms with Crippen molar-refractivity contribution in [3.63, 3.8) is 0 Å². The predicted octanol–water partition coefficient (Wildman–Crippen LogP) is 0.275. The number of hydrogen-bond donors (Lipinski definition) is 5. The summed E-state index contributed by atoms with van der Waals surface area (Å²) in [7, 11) is 1.40. The molecule has 1 aliphatic heterocycles. The van der Waals surface area contributed by atoms with Crippen molar-refractivity contribution in [1.29, 1.82) is 5.26 Å². The fourth-order valence-electron chi connectivity index (χ4n) is 5.44. The van der Waals surface area contributed by atoms with Crippen LogP contribution in [0.3, 0.4) is 0 Å². The van der Waals surface area contributed by atoms with Gasteiger partial charge in [-0.3, -0.25) is 9.59 Å². The topological polar surface area (TPSA) is 244 Å². The van der Waals surface area contributed by atoms with Crippen LogP contribution in [0.2, 0.25) is 0 Å². The molecular weight excluding hydrogens is 918 g/mol. The van der Waals surface area contributed by atoms with Crippen molar-refractivity contribution in [3.8, 4) is 6.26 Å². The molecule has 0 spiro atoms. The molecule has 1 saturated heterocycles. The number of halogens is 1. The molecule has 4 aromatic carbocycles. The summed E-state index contributed by atoms with van der Waals surface area (Å²) >= 11 is 0. The number of esters is 1. The zero-order valence-electron chi connectivity index (χ0n) is 40.0. The fraction of sp³-hybridized carbons (Fsp3) is 0.429. The average molecular weight is 991 g/mol. The third-order valence-corrected chi connectivity index (χ3v) is 9.42. The molecular formula is C49H73BrKMgN3O9. The Kier molecular flexibility index (Phi) is 45.7. The number of nitrogens with zero attached hydrogens (tertiary/aromatic N) is 1. The van der Waals surface area contributed by atoms with Crippen molar-refractivity contribution in [2.45, 2.75) is 115 Å². The summed E-state index contributed by atoms with van der Waals surface area (Å²) in [6, 6.07) is 38.4. The first-order valence-electron chi connectivity index (χ1n) is 19.7. The molecule has 1 aliphatic rings. The monoisotopic (exact) mass is 989 g/mol. The molecule has 0 aliphatic carbocycles. The van der Waals surface area contributed by atoms with E-state index in [2.05, 4.69) is 4.74 Å². The summed E-state index contributed by atoms with van der Waals surface area (Å²) < 4.78 is 9.57. The summed E-state index contributed by atoms with van der Waals surface area (Å²) in [6.45, 7) is 16.3. The van der Waals surface area contributed by atoms with Crippen LogP contribution in [0.15, 0.2) is 121 Å². The molecule has 4 atom stereocenters. The van der Waals surface area contributed by atoms with E-state index in [9.17, 15) is 24.9 Å². The molecule has 1 fully saturated rings. The molecule has 1 heterocycles. The third-order valence-electron chi connectivity index (χ3n) is 9.42. The van der Waals surface area contributed by atoms with Gasteiger partial charge in [0.15, 0.2) is 0 Å². The molecule has 12 nitrogen and oxygen atoms in total. The molecule has 4 aromatic rings. The molecule has 0 radical (unpaired) electrons. The van der Waals surface area contributed by atoms with Crippen molar-refractivity contribution < 1.29 is 113 Å². The largest absolute Gasteiger partial charge is 2.00 e. The summed E-state index contributed by atoms with van der Waals surface area (Å²) in [5.41, 5.74) is 12.6. The van der Waals surface area contributed by atoms with Crippen LogP contribution < -0.4 is 84.9 Å². The molecule has 9 N–H and O–H groups in total. The standard InChI is InChI=1S/C12H17NO2.C11H16O.C10H15NO.C10H12O2.C4H8O.CHNO.CH3.BrH.K.Mg.H2O/c1-12(2,15)10(8-11(13)14)9-6-4-3-5-7-9;1-9(11(2,3)12)10-7-5-4-6-8-10;1-10(2,12)9(11)8-6-4-3-5-7-8;1-8(10(11)12-2)9-6-4-3-5-7-9;1-2-4-5-3-1;2-1-3;;;;;/h3-7,10,15H,8H2,1-2H3,(H2,13,14);4-9,12H,1-3H3;3-7,9,12H,11H2,1-2H3;3-8H,1-2H3;1-4H2;3H;1H3;1H;;;1H2/q;;;;;;-1;;+1;+2;/p-2/t10-;2*9-;8-;;;;;;;/m0000......./s1. The summed E-state index contributed by atoms with van der Waals surface area (Å²) in [4.78, 5) is 22.0. The molecule has 64 heavy (non-hydrogen) atoms. The van der Waals surface area contributed by atoms with Crippen LogP contribution in [0, 0.1) is 18.9 Å². The van der Waals surface area contributed by atoms with Gasteiger partial charge in [-0.05, 0) is 83.6 Å². The van der Waals surface area contributed by atoms with Gasteiger partial charge in [-0.2, -0.15) is 0 Å². The number of carbonyl (C=O) groups excluding carboxylic acids is 2. The van der Waals surface area contributed by atoms with Crippen LogP contribution in [-0.4, -0.2) is 92.9 Å². The minimum absolute atomic E-state index is 0. The van der Waals surface area contributed by atoms with Crippen LogP contribution in [-0.2, 0) is 19.1 Å². The Balaban J connectivity index is -0.000000162. The predicted molar refractivity (Wildman–Crippen MR) is 248 cm³/mol. The van der Waals surface area contributed by atoms with Gasteiger partial charge in [-0.15, -0.1) is 0 Å². The summed E-state index contributed by atoms with van der Waals surface area (Å²) in [5, 5.41) is 44.3. The van der Waals surface area contributed by atoms with E-state index in [0.717, 1.165) is 29.9 Å². The Morgan fingerprint density at radius 3 is 1.31 bits per heavy atom. The number of carbonyl (C=O) groups is 2. The number of hydrogen-bond acceptors (Lipinski definition) is 10. The Morgan fingerprint density at radius 1 is 0.719 bits per heavy atom. The van der Waals surface area contributed by atoms with Gasteiger partial charge in [0.05, 0.1) is 35.9 Å². The second kappa shape index (κ2) is 39.9. The Bertz CT molecular complexity index is 1670. The fourth-order valence-corrected chi connectivity index (χ4v) is 5.44. The first-order chi connectivity index (χ1) is 27.6. The Hall–Kier alpha value is -2.25. The number of primary amides is 1. The molecule has 15 heteroatoms. The zero-order valence-corrected chi connectivity index (χ0v) is 46.1. The molecule has 0 saturated carbocycles. The van der Waals surface area contributed by atoms with Gasteiger partial charge in [0.1, 0.15) is 0 Å². The minimum atomic E-state index is -0.948. The van der Waals surface area contributed by atoms with Crippen LogP contribution >= 0.6 is 0 Å². The first-order valence-corrected chi connectivity index (χ1v) is 19.7. The summed E-state index contributed by atoms with van der Waals surface area (Å²) in [6.07, 6.45) is 3.22. The molecule has 5 rings (SSSR count). The van der Waals surface area contributed by atoms with E-state index in [0.29, 0.717) is 6.26 Å². The van der Waals surface area contributed by atoms with Crippen molar-refractivity contribution in [1.82, 2.24) is 0 Å². The van der Waals surface area contributed by atoms with Crippen molar-refractivity contribution in [3.05, 3.63) is 151 Å². The van der Waals surface area contributed by atoms with Crippen molar-refractivity contribution in [2.24, 2.45) is 11.5 Å². The number of nitriles is 1. The first kappa shape index (κ1) is 73.3. The van der Waals surface area contributed by atoms with Gasteiger partial charge in [-0.1, -0.05) is 128 Å². The average Bonchev–Trinajstić information content (AvgIpc) is 3.81. The van der Waals surface area contributed by atoms with Gasteiger partial charge in [0.25, 0.3) is 0 Å². The minimum Gasteiger partial charge on any atom is -1.00 e. The van der Waals surface area contributed by atoms with E-state index in [-0.39, 0.29) is 141 Å². The quantitative estimate of drug-likeness (QED) is 0.0629. The van der Waals surface area contributed by atoms with Gasteiger partial charge in [0, 0.05) is 37.7 Å². The van der Waals surface area contributed by atoms with Crippen molar-refractivity contribution in [2.75, 3.05) is 20.3 Å². The maximum absolute atomic E-state index is 11.1. The van der Waals surface area contributed by atoms with Crippen molar-refractivity contribution >= 4 is 34.9 Å². The van der Waals surface area contributed by atoms with E-state index in [1.54, 1.807) is 27.7 Å². The number of benzene rings is 4. The normalized spacial score (nSPS) is 12.8. The molecule has 0 unspecified atom stereocenters. The van der Waals surface area contributed by atoms with Crippen LogP contribution in [0.4, 0.5) is 0 Å². The molecule has 0 bridgehead atoms. The second-order valence-electron chi connectivity index (χ2n) is 15.7. The molecule has 348 valence electrons. The van der Waals surface area contributed by atoms with E-state index in [1.807, 2.05) is 149 Å². The summed E-state index contributed by atoms with van der Waals surface area (Å²) in [5.74, 6) is -0.835. The van der Waals surface area contributed by atoms with Gasteiger partial charge in [0.2, 0.25) is 5.91 Å². The number of methoxy groups -OCH3 is 1. The molecule has 1 amide bonds. The maximum atomic E-state index is 11.1. The van der Waals surface area contributed by atoms with Crippen LogP contribution in [0.5, 0.6) is 0 Å². The maximum Gasteiger partial charge on any atom is 2.00 e. The van der Waals surface area contributed by atoms with Crippen LogP contribution in [0.1, 0.15) is 121 Å². The van der Waals surface area contributed by atoms with Gasteiger partial charge in [-0.25, -0.2) is 5.26 Å². The number of amides is 1. The third kappa shape index (κ3) is 33.3. The van der Waals surface area contributed by atoms with E-state index >= 15 is 0 Å². The van der Waals surface area contributed by atoms with Gasteiger partial charge < -0.3 is 71.3 Å². The number of ether oxygens (including phenoxy) is 2. The molecule has 0 aromatic heterocycles. The van der Waals surface area contributed by atoms with E-state index in [1.165, 1.54) is 25.5 Å². The van der Waals surface area contributed by atoms with E-state index < -0.39 is 22.7 Å².